The summed E-state index contributed by atoms with van der Waals surface area (Å²) in [4.78, 5) is 8.97. The van der Waals surface area contributed by atoms with Crippen LogP contribution >= 0.6 is 0 Å². The minimum absolute atomic E-state index is 0.164. The lowest BCUT2D eigenvalue weighted by atomic mass is 10.2. The van der Waals surface area contributed by atoms with Gasteiger partial charge in [-0.1, -0.05) is 13.8 Å². The summed E-state index contributed by atoms with van der Waals surface area (Å²) in [6.07, 6.45) is 2.02. The Labute approximate surface area is 109 Å². The number of hydrogen-bond donors (Lipinski definition) is 2. The van der Waals surface area contributed by atoms with Crippen LogP contribution in [0.4, 0.5) is 5.69 Å². The molecule has 0 bridgehead atoms. The maximum absolute atomic E-state index is 5.21. The van der Waals surface area contributed by atoms with Crippen LogP contribution < -0.4 is 10.6 Å². The molecule has 0 spiro atoms. The van der Waals surface area contributed by atoms with Gasteiger partial charge in [0.1, 0.15) is 5.82 Å². The van der Waals surface area contributed by atoms with Crippen molar-refractivity contribution in [1.82, 2.24) is 15.3 Å². The maximum atomic E-state index is 5.21. The Bertz CT molecular complexity index is 368. The summed E-state index contributed by atoms with van der Waals surface area (Å²) in [5, 5.41) is 6.46. The van der Waals surface area contributed by atoms with E-state index >= 15 is 0 Å². The quantitative estimate of drug-likeness (QED) is 0.774. The Morgan fingerprint density at radius 1 is 1.33 bits per heavy atom. The normalized spacial score (nSPS) is 12.8. The molecule has 1 atom stereocenters. The molecule has 18 heavy (non-hydrogen) atoms. The number of hydrogen-bond acceptors (Lipinski definition) is 5. The highest BCUT2D eigenvalue weighted by Crippen LogP contribution is 2.16. The molecule has 0 saturated heterocycles. The molecule has 2 N–H and O–H groups in total. The van der Waals surface area contributed by atoms with E-state index in [-0.39, 0.29) is 6.10 Å². The molecule has 1 unspecified atom stereocenters. The number of nitrogens with one attached hydrogen (secondary N) is 2. The van der Waals surface area contributed by atoms with Gasteiger partial charge in [0.2, 0.25) is 0 Å². The van der Waals surface area contributed by atoms with E-state index in [0.29, 0.717) is 5.92 Å². The summed E-state index contributed by atoms with van der Waals surface area (Å²) in [5.41, 5.74) is 1.97. The predicted octanol–water partition coefficient (Wildman–Crippen LogP) is 1.77. The molecular weight excluding hydrogens is 228 g/mol. The van der Waals surface area contributed by atoms with Crippen molar-refractivity contribution >= 4 is 5.69 Å². The van der Waals surface area contributed by atoms with E-state index in [1.807, 2.05) is 20.2 Å². The lowest BCUT2D eigenvalue weighted by Gasteiger charge is -2.15. The Kier molecular flexibility index (Phi) is 6.01. The second-order valence-electron chi connectivity index (χ2n) is 4.70. The van der Waals surface area contributed by atoms with Crippen LogP contribution in [0, 0.1) is 0 Å². The van der Waals surface area contributed by atoms with Crippen molar-refractivity contribution in [2.75, 3.05) is 26.0 Å². The van der Waals surface area contributed by atoms with E-state index in [1.165, 1.54) is 0 Å². The molecule has 0 aromatic carbocycles. The fourth-order valence-electron chi connectivity index (χ4n) is 1.50. The van der Waals surface area contributed by atoms with Gasteiger partial charge in [-0.15, -0.1) is 0 Å². The van der Waals surface area contributed by atoms with Gasteiger partial charge in [0.05, 0.1) is 23.7 Å². The molecule has 5 nitrogen and oxygen atoms in total. The molecule has 1 aromatic rings. The molecule has 1 heterocycles. The highest BCUT2D eigenvalue weighted by atomic mass is 16.5. The van der Waals surface area contributed by atoms with Gasteiger partial charge in [-0.3, -0.25) is 0 Å². The number of methoxy groups -OCH3 is 1. The van der Waals surface area contributed by atoms with Crippen molar-refractivity contribution in [3.05, 3.63) is 17.7 Å². The second-order valence-corrected chi connectivity index (χ2v) is 4.70. The van der Waals surface area contributed by atoms with Crippen LogP contribution in [-0.4, -0.2) is 36.8 Å². The molecule has 0 amide bonds. The van der Waals surface area contributed by atoms with Crippen LogP contribution in [0.5, 0.6) is 0 Å². The zero-order valence-electron chi connectivity index (χ0n) is 11.9. The largest absolute Gasteiger partial charge is 0.380 e. The first-order chi connectivity index (χ1) is 8.58. The minimum atomic E-state index is 0.164. The third kappa shape index (κ3) is 4.23. The first kappa shape index (κ1) is 14.9. The topological polar surface area (TPSA) is 59.1 Å². The minimum Gasteiger partial charge on any atom is -0.380 e. The fourth-order valence-corrected chi connectivity index (χ4v) is 1.50. The number of nitrogens with zero attached hydrogens (tertiary/aromatic N) is 2. The lowest BCUT2D eigenvalue weighted by molar-refractivity contribution is 0.129. The highest BCUT2D eigenvalue weighted by molar-refractivity contribution is 5.46. The summed E-state index contributed by atoms with van der Waals surface area (Å²) >= 11 is 0. The summed E-state index contributed by atoms with van der Waals surface area (Å²) in [5.74, 6) is 1.22. The van der Waals surface area contributed by atoms with E-state index in [1.54, 1.807) is 7.11 Å². The van der Waals surface area contributed by atoms with Crippen molar-refractivity contribution in [3.63, 3.8) is 0 Å². The van der Waals surface area contributed by atoms with Crippen molar-refractivity contribution in [2.45, 2.75) is 39.3 Å². The van der Waals surface area contributed by atoms with Gasteiger partial charge < -0.3 is 15.4 Å². The van der Waals surface area contributed by atoms with E-state index < -0.39 is 0 Å². The molecule has 5 heteroatoms. The zero-order chi connectivity index (χ0) is 13.5. The van der Waals surface area contributed by atoms with Gasteiger partial charge in [-0.05, 0) is 14.0 Å². The molecule has 1 rings (SSSR count). The molecule has 1 aromatic heterocycles. The van der Waals surface area contributed by atoms with Gasteiger partial charge in [-0.25, -0.2) is 9.97 Å². The zero-order valence-corrected chi connectivity index (χ0v) is 11.9. The van der Waals surface area contributed by atoms with Crippen molar-refractivity contribution in [3.8, 4) is 0 Å². The Morgan fingerprint density at radius 2 is 2.06 bits per heavy atom. The number of anilines is 1. The standard InChI is InChI=1S/C13H24N4O/c1-9(2)13-16-8-11(12(17-13)7-14-4)15-6-10(3)18-5/h8-10,14-15H,6-7H2,1-5H3. The van der Waals surface area contributed by atoms with Crippen LogP contribution in [0.25, 0.3) is 0 Å². The maximum Gasteiger partial charge on any atom is 0.131 e. The van der Waals surface area contributed by atoms with Crippen molar-refractivity contribution < 1.29 is 4.74 Å². The molecule has 0 aliphatic heterocycles. The third-order valence-electron chi connectivity index (χ3n) is 2.73. The summed E-state index contributed by atoms with van der Waals surface area (Å²) in [6, 6.07) is 0. The van der Waals surface area contributed by atoms with Crippen LogP contribution in [0.15, 0.2) is 6.20 Å². The molecule has 0 radical (unpaired) electrons. The second kappa shape index (κ2) is 7.28. The lowest BCUT2D eigenvalue weighted by Crippen LogP contribution is -2.20. The molecule has 102 valence electrons. The third-order valence-corrected chi connectivity index (χ3v) is 2.73. The van der Waals surface area contributed by atoms with Crippen molar-refractivity contribution in [2.24, 2.45) is 0 Å². The summed E-state index contributed by atoms with van der Waals surface area (Å²) < 4.78 is 5.21. The molecular formula is C13H24N4O. The number of aromatic nitrogens is 2. The van der Waals surface area contributed by atoms with E-state index in [9.17, 15) is 0 Å². The van der Waals surface area contributed by atoms with Gasteiger partial charge >= 0.3 is 0 Å². The van der Waals surface area contributed by atoms with Crippen LogP contribution in [-0.2, 0) is 11.3 Å². The first-order valence-electron chi connectivity index (χ1n) is 6.35. The Morgan fingerprint density at radius 3 is 2.61 bits per heavy atom. The van der Waals surface area contributed by atoms with E-state index in [2.05, 4.69) is 34.4 Å². The SMILES string of the molecule is CNCc1nc(C(C)C)ncc1NCC(C)OC. The van der Waals surface area contributed by atoms with Crippen LogP contribution in [0.1, 0.15) is 38.2 Å². The fraction of sp³-hybridized carbons (Fsp3) is 0.692. The molecule has 0 saturated carbocycles. The Balaban J connectivity index is 2.82. The number of rotatable bonds is 7. The average molecular weight is 252 g/mol. The van der Waals surface area contributed by atoms with E-state index in [0.717, 1.165) is 30.3 Å². The van der Waals surface area contributed by atoms with Crippen LogP contribution in [0.2, 0.25) is 0 Å². The predicted molar refractivity (Wildman–Crippen MR) is 73.8 cm³/mol. The Hall–Kier alpha value is -1.20. The molecule has 0 aliphatic rings. The summed E-state index contributed by atoms with van der Waals surface area (Å²) in [6.45, 7) is 7.69. The van der Waals surface area contributed by atoms with Gasteiger partial charge in [0.25, 0.3) is 0 Å². The van der Waals surface area contributed by atoms with Crippen molar-refractivity contribution in [1.29, 1.82) is 0 Å². The van der Waals surface area contributed by atoms with Gasteiger partial charge in [0.15, 0.2) is 0 Å². The molecule has 0 fully saturated rings. The average Bonchev–Trinajstić information content (AvgIpc) is 2.36. The smallest absolute Gasteiger partial charge is 0.131 e. The molecule has 0 aliphatic carbocycles. The van der Waals surface area contributed by atoms with Gasteiger partial charge in [0, 0.05) is 26.1 Å². The van der Waals surface area contributed by atoms with Gasteiger partial charge in [-0.2, -0.15) is 0 Å². The van der Waals surface area contributed by atoms with E-state index in [4.69, 9.17) is 4.74 Å². The summed E-state index contributed by atoms with van der Waals surface area (Å²) in [7, 11) is 3.62. The number of ether oxygens (including phenoxy) is 1. The monoisotopic (exact) mass is 252 g/mol. The highest BCUT2D eigenvalue weighted by Gasteiger charge is 2.09. The first-order valence-corrected chi connectivity index (χ1v) is 6.35. The van der Waals surface area contributed by atoms with Crippen LogP contribution in [0.3, 0.4) is 0 Å².